The molecule has 0 radical (unpaired) electrons. The molecular formula is C26H26N6O2S. The number of carbonyl (C=O) groups is 2. The fourth-order valence-corrected chi connectivity index (χ4v) is 6.28. The molecule has 3 aliphatic rings. The molecular weight excluding hydrogens is 460 g/mol. The van der Waals surface area contributed by atoms with Crippen molar-refractivity contribution in [2.75, 3.05) is 18.0 Å². The average Bonchev–Trinajstić information content (AvgIpc) is 3.26. The van der Waals surface area contributed by atoms with Crippen LogP contribution in [0.5, 0.6) is 0 Å². The van der Waals surface area contributed by atoms with Gasteiger partial charge in [0, 0.05) is 36.1 Å². The van der Waals surface area contributed by atoms with Crippen molar-refractivity contribution in [2.24, 2.45) is 0 Å². The molecule has 9 heteroatoms. The third-order valence-electron chi connectivity index (χ3n) is 6.79. The fourth-order valence-electron chi connectivity index (χ4n) is 5.04. The van der Waals surface area contributed by atoms with Gasteiger partial charge in [0.25, 0.3) is 0 Å². The van der Waals surface area contributed by atoms with Gasteiger partial charge in [-0.1, -0.05) is 42.1 Å². The number of hydrogen-bond donors (Lipinski definition) is 3. The maximum absolute atomic E-state index is 13.5. The summed E-state index contributed by atoms with van der Waals surface area (Å²) in [7, 11) is 0. The molecule has 178 valence electrons. The van der Waals surface area contributed by atoms with Gasteiger partial charge in [0.1, 0.15) is 10.3 Å². The van der Waals surface area contributed by atoms with Crippen LogP contribution in [0, 0.1) is 6.92 Å². The zero-order valence-corrected chi connectivity index (χ0v) is 20.1. The van der Waals surface area contributed by atoms with Crippen LogP contribution >= 0.6 is 11.8 Å². The Morgan fingerprint density at radius 1 is 1.17 bits per heavy atom. The van der Waals surface area contributed by atoms with Crippen LogP contribution in [0.3, 0.4) is 0 Å². The van der Waals surface area contributed by atoms with Crippen molar-refractivity contribution >= 4 is 35.1 Å². The number of benzene rings is 1. The second-order valence-corrected chi connectivity index (χ2v) is 10.3. The summed E-state index contributed by atoms with van der Waals surface area (Å²) < 4.78 is 0. The van der Waals surface area contributed by atoms with Gasteiger partial charge in [0.05, 0.1) is 23.1 Å². The molecule has 6 rings (SSSR count). The first kappa shape index (κ1) is 22.1. The number of carbonyl (C=O) groups excluding carboxylic acids is 2. The minimum Gasteiger partial charge on any atom is -0.351 e. The molecule has 5 heterocycles. The molecule has 3 aliphatic heterocycles. The summed E-state index contributed by atoms with van der Waals surface area (Å²) in [5.41, 5.74) is 5.08. The third kappa shape index (κ3) is 3.94. The molecule has 3 amide bonds. The second-order valence-electron chi connectivity index (χ2n) is 9.12. The highest BCUT2D eigenvalue weighted by atomic mass is 32.2. The Hall–Kier alpha value is -3.43. The number of aromatic nitrogens is 2. The van der Waals surface area contributed by atoms with Gasteiger partial charge < -0.3 is 16.0 Å². The first-order valence-electron chi connectivity index (χ1n) is 11.9. The van der Waals surface area contributed by atoms with Gasteiger partial charge >= 0.3 is 6.03 Å². The molecule has 0 aliphatic carbocycles. The van der Waals surface area contributed by atoms with E-state index < -0.39 is 11.3 Å². The van der Waals surface area contributed by atoms with Crippen molar-refractivity contribution in [3.63, 3.8) is 0 Å². The minimum absolute atomic E-state index is 0.0575. The number of amides is 3. The standard InChI is InChI=1S/C26H26N6O2S/c1-15-13-29-18(16-6-3-2-4-7-16)12-20(15)32-19-9-11-28-25-21(19)22(31-26(32)34)23(35-25)24(33)30-17-8-5-10-27-14-17/h2-4,6-7,9,11-13,17,22-23,27H,5,8,10,14H2,1H3,(H,30,33)(H,31,34)/t17?,22?,23-/m1/s1. The van der Waals surface area contributed by atoms with Crippen LogP contribution in [0.15, 0.2) is 59.9 Å². The van der Waals surface area contributed by atoms with Crippen LogP contribution < -0.4 is 20.9 Å². The molecule has 2 unspecified atom stereocenters. The zero-order valence-electron chi connectivity index (χ0n) is 19.3. The first-order chi connectivity index (χ1) is 17.1. The fraction of sp³-hybridized carbons (Fsp3) is 0.308. The van der Waals surface area contributed by atoms with Crippen molar-refractivity contribution in [3.05, 3.63) is 66.0 Å². The molecule has 0 saturated carbocycles. The van der Waals surface area contributed by atoms with E-state index >= 15 is 0 Å². The maximum Gasteiger partial charge on any atom is 0.327 e. The summed E-state index contributed by atoms with van der Waals surface area (Å²) in [6, 6.07) is 13.1. The van der Waals surface area contributed by atoms with Crippen molar-refractivity contribution in [1.29, 1.82) is 0 Å². The smallest absolute Gasteiger partial charge is 0.327 e. The number of nitrogens with zero attached hydrogens (tertiary/aromatic N) is 3. The lowest BCUT2D eigenvalue weighted by atomic mass is 9.98. The van der Waals surface area contributed by atoms with Crippen LogP contribution in [-0.2, 0) is 4.79 Å². The van der Waals surface area contributed by atoms with Gasteiger partial charge in [0.15, 0.2) is 0 Å². The lowest BCUT2D eigenvalue weighted by Crippen LogP contribution is -2.52. The summed E-state index contributed by atoms with van der Waals surface area (Å²) in [6.07, 6.45) is 5.51. The number of thioether (sulfide) groups is 1. The van der Waals surface area contributed by atoms with Crippen molar-refractivity contribution in [3.8, 4) is 11.3 Å². The Kier molecular flexibility index (Phi) is 5.66. The number of nitrogens with one attached hydrogen (secondary N) is 3. The molecule has 35 heavy (non-hydrogen) atoms. The average molecular weight is 487 g/mol. The Morgan fingerprint density at radius 2 is 2.03 bits per heavy atom. The molecule has 3 N–H and O–H groups in total. The van der Waals surface area contributed by atoms with Gasteiger partial charge in [-0.25, -0.2) is 9.78 Å². The van der Waals surface area contributed by atoms with Crippen LogP contribution in [0.25, 0.3) is 11.3 Å². The van der Waals surface area contributed by atoms with E-state index in [2.05, 4.69) is 25.9 Å². The molecule has 3 atom stereocenters. The molecule has 2 aromatic heterocycles. The molecule has 1 saturated heterocycles. The Morgan fingerprint density at radius 3 is 2.83 bits per heavy atom. The Balaban J connectivity index is 1.35. The van der Waals surface area contributed by atoms with Gasteiger partial charge in [-0.15, -0.1) is 0 Å². The van der Waals surface area contributed by atoms with E-state index in [4.69, 9.17) is 0 Å². The van der Waals surface area contributed by atoms with Crippen LogP contribution in [0.1, 0.15) is 30.0 Å². The minimum atomic E-state index is -0.454. The lowest BCUT2D eigenvalue weighted by Gasteiger charge is -2.35. The monoisotopic (exact) mass is 486 g/mol. The molecule has 3 aromatic rings. The van der Waals surface area contributed by atoms with Crippen LogP contribution in [-0.4, -0.2) is 46.3 Å². The zero-order chi connectivity index (χ0) is 23.9. The highest BCUT2D eigenvalue weighted by Gasteiger charge is 2.47. The highest BCUT2D eigenvalue weighted by molar-refractivity contribution is 8.01. The number of piperidine rings is 1. The Bertz CT molecular complexity index is 1290. The van der Waals surface area contributed by atoms with E-state index in [0.29, 0.717) is 0 Å². The second kappa shape index (κ2) is 8.98. The maximum atomic E-state index is 13.5. The summed E-state index contributed by atoms with van der Waals surface area (Å²) in [5, 5.41) is 9.94. The number of aryl methyl sites for hydroxylation is 1. The summed E-state index contributed by atoms with van der Waals surface area (Å²) in [5.74, 6) is -0.0575. The van der Waals surface area contributed by atoms with Gasteiger partial charge in [-0.2, -0.15) is 0 Å². The lowest BCUT2D eigenvalue weighted by molar-refractivity contribution is -0.121. The van der Waals surface area contributed by atoms with E-state index in [0.717, 1.165) is 64.7 Å². The molecule has 0 spiro atoms. The first-order valence-corrected chi connectivity index (χ1v) is 12.8. The largest absolute Gasteiger partial charge is 0.351 e. The summed E-state index contributed by atoms with van der Waals surface area (Å²) >= 11 is 1.43. The SMILES string of the molecule is Cc1cnc(-c2ccccc2)cc1N1C(=O)NC2c3c1ccnc3S[C@H]2C(=O)NC1CCCNC1. The summed E-state index contributed by atoms with van der Waals surface area (Å²) in [4.78, 5) is 37.6. The quantitative estimate of drug-likeness (QED) is 0.520. The van der Waals surface area contributed by atoms with Crippen LogP contribution in [0.4, 0.5) is 16.2 Å². The predicted octanol–water partition coefficient (Wildman–Crippen LogP) is 3.70. The van der Waals surface area contributed by atoms with Gasteiger partial charge in [-0.3, -0.25) is 14.7 Å². The molecule has 8 nitrogen and oxygen atoms in total. The number of urea groups is 1. The third-order valence-corrected chi connectivity index (χ3v) is 8.08. The van der Waals surface area contributed by atoms with Crippen molar-refractivity contribution in [1.82, 2.24) is 25.9 Å². The van der Waals surface area contributed by atoms with Gasteiger partial charge in [0.2, 0.25) is 5.91 Å². The van der Waals surface area contributed by atoms with Crippen molar-refractivity contribution < 1.29 is 9.59 Å². The van der Waals surface area contributed by atoms with E-state index in [1.165, 1.54) is 11.8 Å². The van der Waals surface area contributed by atoms with Gasteiger partial charge in [-0.05, 0) is 44.0 Å². The Labute approximate surface area is 207 Å². The summed E-state index contributed by atoms with van der Waals surface area (Å²) in [6.45, 7) is 3.70. The van der Waals surface area contributed by atoms with E-state index in [9.17, 15) is 9.59 Å². The van der Waals surface area contributed by atoms with E-state index in [1.807, 2.05) is 49.4 Å². The highest BCUT2D eigenvalue weighted by Crippen LogP contribution is 2.51. The molecule has 1 fully saturated rings. The number of anilines is 2. The van der Waals surface area contributed by atoms with Crippen molar-refractivity contribution in [2.45, 2.75) is 42.1 Å². The number of hydrogen-bond acceptors (Lipinski definition) is 6. The van der Waals surface area contributed by atoms with Crippen LogP contribution in [0.2, 0.25) is 0 Å². The van der Waals surface area contributed by atoms with E-state index in [-0.39, 0.29) is 18.0 Å². The predicted molar refractivity (Wildman–Crippen MR) is 136 cm³/mol. The number of rotatable bonds is 4. The topological polar surface area (TPSA) is 99.2 Å². The number of pyridine rings is 2. The van der Waals surface area contributed by atoms with E-state index in [1.54, 1.807) is 17.3 Å². The molecule has 0 bridgehead atoms. The normalized spacial score (nSPS) is 22.9. The molecule has 1 aromatic carbocycles.